The molecule has 0 aromatic carbocycles. The predicted molar refractivity (Wildman–Crippen MR) is 94.4 cm³/mol. The third-order valence-electron chi connectivity index (χ3n) is 5.74. The number of allylic oxidation sites excluding steroid dienone is 4. The van der Waals surface area contributed by atoms with Gasteiger partial charge in [0, 0.05) is 0 Å². The summed E-state index contributed by atoms with van der Waals surface area (Å²) in [5.41, 5.74) is 0. The second-order valence-electron chi connectivity index (χ2n) is 7.47. The van der Waals surface area contributed by atoms with Gasteiger partial charge in [-0.05, 0) is 94.3 Å². The monoisotopic (exact) mass is 288 g/mol. The summed E-state index contributed by atoms with van der Waals surface area (Å²) in [6, 6.07) is 0. The Kier molecular flexibility index (Phi) is 7.61. The van der Waals surface area contributed by atoms with Crippen molar-refractivity contribution in [3.63, 3.8) is 0 Å². The largest absolute Gasteiger partial charge is 0.0885 e. The van der Waals surface area contributed by atoms with E-state index in [1.165, 1.54) is 70.6 Å². The quantitative estimate of drug-likeness (QED) is 0.465. The first-order valence-electron chi connectivity index (χ1n) is 9.65. The molecule has 0 atom stereocenters. The summed E-state index contributed by atoms with van der Waals surface area (Å²) in [5, 5.41) is 0. The fraction of sp³-hybridized carbons (Fsp3) is 0.810. The predicted octanol–water partition coefficient (Wildman–Crippen LogP) is 6.92. The molecule has 0 saturated heterocycles. The molecule has 0 aromatic heterocycles. The molecule has 0 radical (unpaired) electrons. The van der Waals surface area contributed by atoms with Crippen molar-refractivity contribution in [2.24, 2.45) is 23.7 Å². The summed E-state index contributed by atoms with van der Waals surface area (Å²) in [4.78, 5) is 0. The van der Waals surface area contributed by atoms with Crippen LogP contribution in [0.15, 0.2) is 24.3 Å². The second-order valence-corrected chi connectivity index (χ2v) is 7.47. The fourth-order valence-electron chi connectivity index (χ4n) is 4.36. The van der Waals surface area contributed by atoms with Crippen molar-refractivity contribution in [1.29, 1.82) is 0 Å². The Morgan fingerprint density at radius 2 is 1.00 bits per heavy atom. The molecule has 0 spiro atoms. The van der Waals surface area contributed by atoms with Crippen molar-refractivity contribution < 1.29 is 0 Å². The van der Waals surface area contributed by atoms with Gasteiger partial charge < -0.3 is 0 Å². The van der Waals surface area contributed by atoms with Crippen LogP contribution in [0.4, 0.5) is 0 Å². The van der Waals surface area contributed by atoms with Gasteiger partial charge in [0.25, 0.3) is 0 Å². The summed E-state index contributed by atoms with van der Waals surface area (Å²) < 4.78 is 0. The maximum absolute atomic E-state index is 2.49. The highest BCUT2D eigenvalue weighted by Gasteiger charge is 2.25. The van der Waals surface area contributed by atoms with E-state index < -0.39 is 0 Å². The molecule has 0 heterocycles. The molecule has 0 aliphatic heterocycles. The van der Waals surface area contributed by atoms with Gasteiger partial charge in [0.05, 0.1) is 0 Å². The third kappa shape index (κ3) is 6.01. The summed E-state index contributed by atoms with van der Waals surface area (Å²) in [7, 11) is 0. The van der Waals surface area contributed by atoms with Gasteiger partial charge in [-0.3, -0.25) is 0 Å². The van der Waals surface area contributed by atoms with Crippen molar-refractivity contribution in [3.8, 4) is 0 Å². The van der Waals surface area contributed by atoms with Gasteiger partial charge in [-0.1, -0.05) is 38.2 Å². The summed E-state index contributed by atoms with van der Waals surface area (Å²) in [6.45, 7) is 4.49. The molecule has 21 heavy (non-hydrogen) atoms. The van der Waals surface area contributed by atoms with E-state index >= 15 is 0 Å². The molecule has 2 fully saturated rings. The minimum Gasteiger partial charge on any atom is -0.0885 e. The lowest BCUT2D eigenvalue weighted by Gasteiger charge is -2.33. The normalized spacial score (nSPS) is 34.8. The molecule has 0 unspecified atom stereocenters. The van der Waals surface area contributed by atoms with Crippen LogP contribution in [-0.4, -0.2) is 0 Å². The topological polar surface area (TPSA) is 0 Å². The van der Waals surface area contributed by atoms with E-state index in [1.54, 1.807) is 0 Å². The number of hydrogen-bond donors (Lipinski definition) is 0. The van der Waals surface area contributed by atoms with E-state index in [-0.39, 0.29) is 0 Å². The van der Waals surface area contributed by atoms with Crippen LogP contribution < -0.4 is 0 Å². The molecular weight excluding hydrogens is 252 g/mol. The molecule has 0 N–H and O–H groups in total. The maximum Gasteiger partial charge on any atom is -0.0233 e. The average molecular weight is 289 g/mol. The van der Waals surface area contributed by atoms with Crippen molar-refractivity contribution in [3.05, 3.63) is 24.3 Å². The van der Waals surface area contributed by atoms with Gasteiger partial charge in [-0.15, -0.1) is 0 Å². The summed E-state index contributed by atoms with van der Waals surface area (Å²) >= 11 is 0. The molecule has 0 heteroatoms. The minimum atomic E-state index is 0.899. The zero-order chi connectivity index (χ0) is 14.9. The van der Waals surface area contributed by atoms with E-state index in [0.29, 0.717) is 0 Å². The highest BCUT2D eigenvalue weighted by Crippen LogP contribution is 2.38. The van der Waals surface area contributed by atoms with E-state index in [9.17, 15) is 0 Å². The zero-order valence-corrected chi connectivity index (χ0v) is 14.4. The Bertz CT molecular complexity index is 277. The van der Waals surface area contributed by atoms with Crippen molar-refractivity contribution >= 4 is 0 Å². The van der Waals surface area contributed by atoms with Crippen LogP contribution in [0.3, 0.4) is 0 Å². The average Bonchev–Trinajstić information content (AvgIpc) is 2.53. The van der Waals surface area contributed by atoms with Crippen LogP contribution in [0.5, 0.6) is 0 Å². The van der Waals surface area contributed by atoms with Gasteiger partial charge in [0.2, 0.25) is 0 Å². The van der Waals surface area contributed by atoms with Gasteiger partial charge >= 0.3 is 0 Å². The molecule has 2 rings (SSSR count). The van der Waals surface area contributed by atoms with E-state index in [2.05, 4.69) is 38.2 Å². The van der Waals surface area contributed by atoms with Crippen LogP contribution in [0.1, 0.15) is 84.5 Å². The van der Waals surface area contributed by atoms with Crippen molar-refractivity contribution in [1.82, 2.24) is 0 Å². The summed E-state index contributed by atoms with van der Waals surface area (Å²) in [5.74, 6) is 3.89. The summed E-state index contributed by atoms with van der Waals surface area (Å²) in [6.07, 6.45) is 25.5. The van der Waals surface area contributed by atoms with Crippen molar-refractivity contribution in [2.45, 2.75) is 84.5 Å². The highest BCUT2D eigenvalue weighted by atomic mass is 14.3. The molecule has 0 amide bonds. The Morgan fingerprint density at radius 3 is 1.33 bits per heavy atom. The van der Waals surface area contributed by atoms with Gasteiger partial charge in [-0.2, -0.15) is 0 Å². The first-order chi connectivity index (χ1) is 10.3. The lowest BCUT2D eigenvalue weighted by atomic mass is 9.73. The maximum atomic E-state index is 2.49. The Balaban J connectivity index is 1.64. The molecule has 2 saturated carbocycles. The van der Waals surface area contributed by atoms with Gasteiger partial charge in [-0.25, -0.2) is 0 Å². The van der Waals surface area contributed by atoms with Crippen LogP contribution in [0.2, 0.25) is 0 Å². The fourth-order valence-corrected chi connectivity index (χ4v) is 4.36. The van der Waals surface area contributed by atoms with Crippen molar-refractivity contribution in [2.75, 3.05) is 0 Å². The van der Waals surface area contributed by atoms with E-state index in [1.807, 2.05) is 0 Å². The minimum absolute atomic E-state index is 0.899. The second kappa shape index (κ2) is 9.49. The van der Waals surface area contributed by atoms with Crippen LogP contribution in [-0.2, 0) is 0 Å². The smallest absolute Gasteiger partial charge is 0.0233 e. The van der Waals surface area contributed by atoms with E-state index in [4.69, 9.17) is 0 Å². The van der Waals surface area contributed by atoms with Crippen LogP contribution >= 0.6 is 0 Å². The van der Waals surface area contributed by atoms with Gasteiger partial charge in [0.1, 0.15) is 0 Å². The Hall–Kier alpha value is -0.520. The number of hydrogen-bond acceptors (Lipinski definition) is 0. The molecule has 2 aliphatic rings. The molecule has 0 bridgehead atoms. The lowest BCUT2D eigenvalue weighted by molar-refractivity contribution is 0.213. The third-order valence-corrected chi connectivity index (χ3v) is 5.74. The molecule has 0 aromatic rings. The molecular formula is C21H36. The first kappa shape index (κ1) is 16.8. The Morgan fingerprint density at radius 1 is 0.619 bits per heavy atom. The molecule has 120 valence electrons. The standard InChI is InChI=1S/C21H36/c1-3-5-7-18-9-13-20(14-10-18)17-21-15-11-19(12-16-21)8-6-4-2/h5-8,18-21H,3-4,9-17H2,1-2H3. The number of rotatable bonds is 6. The van der Waals surface area contributed by atoms with Gasteiger partial charge in [0.15, 0.2) is 0 Å². The van der Waals surface area contributed by atoms with E-state index in [0.717, 1.165) is 23.7 Å². The molecule has 2 aliphatic carbocycles. The molecule has 0 nitrogen and oxygen atoms in total. The van der Waals surface area contributed by atoms with Crippen LogP contribution in [0, 0.1) is 23.7 Å². The Labute approximate surface area is 133 Å². The highest BCUT2D eigenvalue weighted by molar-refractivity contribution is 4.92. The zero-order valence-electron chi connectivity index (χ0n) is 14.4. The first-order valence-corrected chi connectivity index (χ1v) is 9.65. The van der Waals surface area contributed by atoms with Crippen LogP contribution in [0.25, 0.3) is 0 Å². The SMILES string of the molecule is CCC=CC1CCC(CC2CCC(C=CCC)CC2)CC1. The lowest BCUT2D eigenvalue weighted by Crippen LogP contribution is -2.20.